The number of aromatic amines is 1. The van der Waals surface area contributed by atoms with Crippen molar-refractivity contribution in [3.05, 3.63) is 118 Å². The highest BCUT2D eigenvalue weighted by atomic mass is 35.5. The third-order valence-corrected chi connectivity index (χ3v) is 6.67. The predicted molar refractivity (Wildman–Crippen MR) is 155 cm³/mol. The van der Waals surface area contributed by atoms with E-state index in [1.807, 2.05) is 30.3 Å². The van der Waals surface area contributed by atoms with Crippen molar-refractivity contribution < 1.29 is 14.3 Å². The van der Waals surface area contributed by atoms with E-state index in [-0.39, 0.29) is 11.1 Å². The van der Waals surface area contributed by atoms with Crippen LogP contribution in [0.1, 0.15) is 33.4 Å². The average molecular weight is 588 g/mol. The Bertz CT molecular complexity index is 1700. The molecule has 10 nitrogen and oxygen atoms in total. The number of nitrogens with one attached hydrogen (secondary N) is 2. The number of aromatic nitrogens is 6. The van der Waals surface area contributed by atoms with Gasteiger partial charge in [-0.25, -0.2) is 9.78 Å². The van der Waals surface area contributed by atoms with E-state index in [0.717, 1.165) is 5.56 Å². The number of rotatable bonds is 9. The van der Waals surface area contributed by atoms with Crippen LogP contribution in [-0.4, -0.2) is 49.2 Å². The fourth-order valence-corrected chi connectivity index (χ4v) is 4.66. The van der Waals surface area contributed by atoms with Gasteiger partial charge in [0.1, 0.15) is 23.0 Å². The lowest BCUT2D eigenvalue weighted by Crippen LogP contribution is -2.29. The number of ether oxygens (including phenoxy) is 1. The molecular weight excluding hydrogens is 565 g/mol. The molecule has 0 radical (unpaired) electrons. The molecular formula is C29H23Cl2N7O3. The number of halogens is 2. The van der Waals surface area contributed by atoms with E-state index in [1.54, 1.807) is 48.5 Å². The molecule has 0 saturated heterocycles. The third-order valence-electron chi connectivity index (χ3n) is 6.16. The van der Waals surface area contributed by atoms with Gasteiger partial charge in [-0.15, -0.1) is 5.10 Å². The summed E-state index contributed by atoms with van der Waals surface area (Å²) in [5.41, 5.74) is 3.72. The van der Waals surface area contributed by atoms with Gasteiger partial charge in [-0.1, -0.05) is 65.7 Å². The molecule has 12 heteroatoms. The van der Waals surface area contributed by atoms with Crippen LogP contribution in [0.2, 0.25) is 10.2 Å². The first-order valence-corrected chi connectivity index (χ1v) is 13.2. The summed E-state index contributed by atoms with van der Waals surface area (Å²) < 4.78 is 6.31. The number of H-pyrrole nitrogens is 1. The van der Waals surface area contributed by atoms with Crippen molar-refractivity contribution >= 4 is 41.2 Å². The van der Waals surface area contributed by atoms with E-state index >= 15 is 0 Å². The summed E-state index contributed by atoms with van der Waals surface area (Å²) >= 11 is 12.8. The molecule has 0 saturated carbocycles. The van der Waals surface area contributed by atoms with Gasteiger partial charge in [-0.2, -0.15) is 4.68 Å². The van der Waals surface area contributed by atoms with Gasteiger partial charge in [0, 0.05) is 22.2 Å². The smallest absolute Gasteiger partial charge is 0.337 e. The molecule has 0 fully saturated rings. The number of esters is 1. The van der Waals surface area contributed by atoms with Gasteiger partial charge >= 0.3 is 5.97 Å². The van der Waals surface area contributed by atoms with Crippen molar-refractivity contribution in [2.24, 2.45) is 0 Å². The molecule has 0 spiro atoms. The Labute approximate surface area is 245 Å². The normalized spacial score (nSPS) is 11.9. The Morgan fingerprint density at radius 1 is 1.07 bits per heavy atom. The summed E-state index contributed by atoms with van der Waals surface area (Å²) in [6, 6.07) is 21.1. The average Bonchev–Trinajstić information content (AvgIpc) is 3.66. The van der Waals surface area contributed by atoms with Crippen LogP contribution in [0.4, 0.5) is 0 Å². The zero-order valence-corrected chi connectivity index (χ0v) is 23.2. The lowest BCUT2D eigenvalue weighted by atomic mass is 10.1. The van der Waals surface area contributed by atoms with Gasteiger partial charge in [0.05, 0.1) is 24.4 Å². The van der Waals surface area contributed by atoms with E-state index in [2.05, 4.69) is 25.8 Å². The van der Waals surface area contributed by atoms with Crippen molar-refractivity contribution in [3.63, 3.8) is 0 Å². The number of tetrazole rings is 1. The number of hydrogen-bond acceptors (Lipinski definition) is 7. The third kappa shape index (κ3) is 6.68. The molecule has 3 aromatic carbocycles. The van der Waals surface area contributed by atoms with Crippen molar-refractivity contribution in [3.8, 4) is 16.9 Å². The van der Waals surface area contributed by atoms with E-state index in [4.69, 9.17) is 32.9 Å². The van der Waals surface area contributed by atoms with E-state index in [9.17, 15) is 9.59 Å². The van der Waals surface area contributed by atoms with Crippen LogP contribution in [0, 0.1) is 0 Å². The molecule has 0 unspecified atom stereocenters. The SMILES string of the molecule is COC(=O)c1cccc(-c2nc([C@H](Cc3ccccc3)NC(=O)/C=C/c3cc(Cl)ccc3-n3cnnn3)[nH]c2Cl)c1. The number of nitrogens with zero attached hydrogens (tertiary/aromatic N) is 5. The molecule has 5 rings (SSSR count). The number of imidazole rings is 1. The second-order valence-electron chi connectivity index (χ2n) is 8.90. The molecule has 2 aromatic heterocycles. The van der Waals surface area contributed by atoms with Gasteiger partial charge in [0.15, 0.2) is 0 Å². The standard InChI is InChI=1S/C29H23Cl2N7O3/c1-41-29(40)21-9-5-8-20(15-21)26-27(31)35-28(34-26)23(14-18-6-3-2-4-7-18)33-25(39)13-10-19-16-22(30)11-12-24(19)38-17-32-36-37-38/h2-13,15-17,23H,14H2,1H3,(H,33,39)(H,34,35)/b13-10+/t23-/m0/s1. The molecule has 5 aromatic rings. The number of amides is 1. The lowest BCUT2D eigenvalue weighted by Gasteiger charge is -2.16. The number of carbonyl (C=O) groups excluding carboxylic acids is 2. The van der Waals surface area contributed by atoms with E-state index in [0.29, 0.717) is 45.3 Å². The molecule has 206 valence electrons. The first-order chi connectivity index (χ1) is 19.9. The number of benzene rings is 3. The quantitative estimate of drug-likeness (QED) is 0.178. The minimum Gasteiger partial charge on any atom is -0.465 e. The maximum atomic E-state index is 13.2. The molecule has 2 N–H and O–H groups in total. The molecule has 0 aliphatic carbocycles. The van der Waals surface area contributed by atoms with Crippen molar-refractivity contribution in [1.82, 2.24) is 35.5 Å². The first-order valence-electron chi connectivity index (χ1n) is 12.4. The van der Waals surface area contributed by atoms with Crippen LogP contribution in [-0.2, 0) is 16.0 Å². The first kappa shape index (κ1) is 27.8. The summed E-state index contributed by atoms with van der Waals surface area (Å²) in [5, 5.41) is 15.1. The minimum absolute atomic E-state index is 0.273. The van der Waals surface area contributed by atoms with Crippen LogP contribution in [0.5, 0.6) is 0 Å². The van der Waals surface area contributed by atoms with E-state index < -0.39 is 12.0 Å². The molecule has 2 heterocycles. The topological polar surface area (TPSA) is 128 Å². The maximum absolute atomic E-state index is 13.2. The maximum Gasteiger partial charge on any atom is 0.337 e. The highest BCUT2D eigenvalue weighted by Crippen LogP contribution is 2.29. The van der Waals surface area contributed by atoms with Crippen LogP contribution in [0.25, 0.3) is 23.0 Å². The molecule has 41 heavy (non-hydrogen) atoms. The minimum atomic E-state index is -0.553. The van der Waals surface area contributed by atoms with E-state index in [1.165, 1.54) is 24.2 Å². The number of hydrogen-bond donors (Lipinski definition) is 2. The molecule has 0 aliphatic heterocycles. The Kier molecular flexibility index (Phi) is 8.52. The highest BCUT2D eigenvalue weighted by molar-refractivity contribution is 6.32. The molecule has 0 bridgehead atoms. The zero-order valence-electron chi connectivity index (χ0n) is 21.7. The second kappa shape index (κ2) is 12.6. The molecule has 1 amide bonds. The van der Waals surface area contributed by atoms with Crippen LogP contribution < -0.4 is 5.32 Å². The lowest BCUT2D eigenvalue weighted by molar-refractivity contribution is -0.117. The Balaban J connectivity index is 1.43. The monoisotopic (exact) mass is 587 g/mol. The van der Waals surface area contributed by atoms with Gasteiger partial charge in [0.2, 0.25) is 5.91 Å². The Hall–Kier alpha value is -4.80. The van der Waals surface area contributed by atoms with Crippen molar-refractivity contribution in [1.29, 1.82) is 0 Å². The van der Waals surface area contributed by atoms with Gasteiger partial charge in [0.25, 0.3) is 0 Å². The Morgan fingerprint density at radius 2 is 1.90 bits per heavy atom. The molecule has 1 atom stereocenters. The molecule has 0 aliphatic rings. The summed E-state index contributed by atoms with van der Waals surface area (Å²) in [7, 11) is 1.32. The fourth-order valence-electron chi connectivity index (χ4n) is 4.23. The summed E-state index contributed by atoms with van der Waals surface area (Å²) in [5.74, 6) is -0.380. The number of carbonyl (C=O) groups is 2. The summed E-state index contributed by atoms with van der Waals surface area (Å²) in [6.07, 6.45) is 4.94. The number of methoxy groups -OCH3 is 1. The van der Waals surface area contributed by atoms with Gasteiger partial charge in [-0.3, -0.25) is 4.79 Å². The fraction of sp³-hybridized carbons (Fsp3) is 0.103. The van der Waals surface area contributed by atoms with Gasteiger partial charge < -0.3 is 15.0 Å². The van der Waals surface area contributed by atoms with Gasteiger partial charge in [-0.05, 0) is 58.8 Å². The largest absolute Gasteiger partial charge is 0.465 e. The summed E-state index contributed by atoms with van der Waals surface area (Å²) in [4.78, 5) is 33.0. The van der Waals surface area contributed by atoms with Crippen LogP contribution >= 0.6 is 23.2 Å². The van der Waals surface area contributed by atoms with Crippen molar-refractivity contribution in [2.45, 2.75) is 12.5 Å². The Morgan fingerprint density at radius 3 is 2.66 bits per heavy atom. The summed E-state index contributed by atoms with van der Waals surface area (Å²) in [6.45, 7) is 0. The zero-order chi connectivity index (χ0) is 28.8. The van der Waals surface area contributed by atoms with Crippen LogP contribution in [0.3, 0.4) is 0 Å². The van der Waals surface area contributed by atoms with Crippen LogP contribution in [0.15, 0.2) is 85.2 Å². The second-order valence-corrected chi connectivity index (χ2v) is 9.71. The van der Waals surface area contributed by atoms with Crippen molar-refractivity contribution in [2.75, 3.05) is 7.11 Å². The predicted octanol–water partition coefficient (Wildman–Crippen LogP) is 5.26. The highest BCUT2D eigenvalue weighted by Gasteiger charge is 2.21.